The molecule has 0 spiro atoms. The number of halogens is 1. The molecule has 0 heterocycles. The molecule has 0 radical (unpaired) electrons. The predicted molar refractivity (Wildman–Crippen MR) is 124 cm³/mol. The van der Waals surface area contributed by atoms with Gasteiger partial charge in [0.05, 0.1) is 11.9 Å². The first-order valence-electron chi connectivity index (χ1n) is 9.34. The molecule has 4 aromatic rings. The number of hydrazone groups is 1. The lowest BCUT2D eigenvalue weighted by molar-refractivity contribution is 1.28. The van der Waals surface area contributed by atoms with Gasteiger partial charge in [-0.15, -0.1) is 0 Å². The Balaban J connectivity index is 1.54. The van der Waals surface area contributed by atoms with Gasteiger partial charge in [-0.05, 0) is 66.2 Å². The first-order chi connectivity index (χ1) is 14.3. The van der Waals surface area contributed by atoms with Crippen molar-refractivity contribution in [3.05, 3.63) is 120 Å². The lowest BCUT2D eigenvalue weighted by Gasteiger charge is -2.25. The van der Waals surface area contributed by atoms with Crippen LogP contribution in [0.2, 0.25) is 5.02 Å². The van der Waals surface area contributed by atoms with E-state index in [-0.39, 0.29) is 0 Å². The summed E-state index contributed by atoms with van der Waals surface area (Å²) in [7, 11) is 0. The minimum Gasteiger partial charge on any atom is -0.311 e. The fourth-order valence-electron chi connectivity index (χ4n) is 3.02. The highest BCUT2D eigenvalue weighted by Crippen LogP contribution is 2.33. The zero-order valence-corrected chi connectivity index (χ0v) is 16.5. The van der Waals surface area contributed by atoms with Crippen LogP contribution in [0.5, 0.6) is 0 Å². The molecular weight excluding hydrogens is 378 g/mol. The summed E-state index contributed by atoms with van der Waals surface area (Å²) in [6.45, 7) is 0. The lowest BCUT2D eigenvalue weighted by Crippen LogP contribution is -2.09. The standard InChI is InChI=1S/C25H20ClN3/c26-21-13-15-22(16-14-21)28-27-19-20-11-17-25(18-12-20)29(23-7-3-1-4-8-23)24-9-5-2-6-10-24/h1-19,28H/b27-19-. The van der Waals surface area contributed by atoms with Crippen molar-refractivity contribution >= 4 is 40.6 Å². The summed E-state index contributed by atoms with van der Waals surface area (Å²) in [6.07, 6.45) is 1.80. The first-order valence-corrected chi connectivity index (χ1v) is 9.72. The van der Waals surface area contributed by atoms with Gasteiger partial charge >= 0.3 is 0 Å². The molecule has 4 heteroatoms. The van der Waals surface area contributed by atoms with Crippen LogP contribution in [0, 0.1) is 0 Å². The molecule has 142 valence electrons. The fraction of sp³-hybridized carbons (Fsp3) is 0. The number of hydrogen-bond acceptors (Lipinski definition) is 3. The maximum atomic E-state index is 5.90. The Morgan fingerprint density at radius 1 is 0.621 bits per heavy atom. The third-order valence-corrected chi connectivity index (χ3v) is 4.68. The zero-order chi connectivity index (χ0) is 19.9. The average molecular weight is 398 g/mol. The van der Waals surface area contributed by atoms with Crippen LogP contribution < -0.4 is 10.3 Å². The summed E-state index contributed by atoms with van der Waals surface area (Å²) in [4.78, 5) is 2.23. The molecule has 0 aliphatic carbocycles. The molecule has 0 saturated carbocycles. The van der Waals surface area contributed by atoms with Crippen molar-refractivity contribution in [3.8, 4) is 0 Å². The second-order valence-corrected chi connectivity index (χ2v) is 6.91. The highest BCUT2D eigenvalue weighted by Gasteiger charge is 2.11. The minimum absolute atomic E-state index is 0.705. The van der Waals surface area contributed by atoms with Gasteiger partial charge in [-0.2, -0.15) is 5.10 Å². The van der Waals surface area contributed by atoms with Crippen molar-refractivity contribution in [2.75, 3.05) is 10.3 Å². The molecule has 29 heavy (non-hydrogen) atoms. The molecule has 0 saturated heterocycles. The molecule has 0 atom stereocenters. The monoisotopic (exact) mass is 397 g/mol. The van der Waals surface area contributed by atoms with Crippen LogP contribution in [0.1, 0.15) is 5.56 Å². The Bertz CT molecular complexity index is 1020. The number of anilines is 4. The maximum Gasteiger partial charge on any atom is 0.0562 e. The van der Waals surface area contributed by atoms with Crippen LogP contribution in [0.4, 0.5) is 22.7 Å². The van der Waals surface area contributed by atoms with E-state index in [1.54, 1.807) is 6.21 Å². The summed E-state index contributed by atoms with van der Waals surface area (Å²) in [5, 5.41) is 5.01. The van der Waals surface area contributed by atoms with Crippen molar-refractivity contribution in [2.24, 2.45) is 5.10 Å². The Labute approximate surface area is 175 Å². The molecule has 1 N–H and O–H groups in total. The third-order valence-electron chi connectivity index (χ3n) is 4.43. The van der Waals surface area contributed by atoms with Crippen LogP contribution >= 0.6 is 11.6 Å². The van der Waals surface area contributed by atoms with Gasteiger partial charge in [0.15, 0.2) is 0 Å². The highest BCUT2D eigenvalue weighted by molar-refractivity contribution is 6.30. The quantitative estimate of drug-likeness (QED) is 0.274. The van der Waals surface area contributed by atoms with E-state index in [0.717, 1.165) is 28.3 Å². The lowest BCUT2D eigenvalue weighted by atomic mass is 10.1. The topological polar surface area (TPSA) is 27.6 Å². The predicted octanol–water partition coefficient (Wildman–Crippen LogP) is 7.26. The Hall–Kier alpha value is -3.56. The van der Waals surface area contributed by atoms with Crippen molar-refractivity contribution in [1.29, 1.82) is 0 Å². The molecule has 3 nitrogen and oxygen atoms in total. The number of nitrogens with one attached hydrogen (secondary N) is 1. The van der Waals surface area contributed by atoms with Gasteiger partial charge in [-0.3, -0.25) is 5.43 Å². The normalized spacial score (nSPS) is 10.8. The Morgan fingerprint density at radius 2 is 1.14 bits per heavy atom. The van der Waals surface area contributed by atoms with E-state index in [1.165, 1.54) is 0 Å². The van der Waals surface area contributed by atoms with Gasteiger partial charge in [-0.25, -0.2) is 0 Å². The van der Waals surface area contributed by atoms with Crippen LogP contribution in [0.15, 0.2) is 114 Å². The second-order valence-electron chi connectivity index (χ2n) is 6.47. The third kappa shape index (κ3) is 4.84. The summed E-state index contributed by atoms with van der Waals surface area (Å²) < 4.78 is 0. The molecule has 0 aliphatic rings. The van der Waals surface area contributed by atoms with Gasteiger partial charge < -0.3 is 4.90 Å². The number of nitrogens with zero attached hydrogens (tertiary/aromatic N) is 2. The van der Waals surface area contributed by atoms with E-state index in [2.05, 4.69) is 88.2 Å². The van der Waals surface area contributed by atoms with Gasteiger partial charge in [0.2, 0.25) is 0 Å². The molecule has 0 bridgehead atoms. The second kappa shape index (κ2) is 9.09. The summed E-state index contributed by atoms with van der Waals surface area (Å²) in [5.41, 5.74) is 8.23. The zero-order valence-electron chi connectivity index (χ0n) is 15.7. The van der Waals surface area contributed by atoms with E-state index >= 15 is 0 Å². The number of para-hydroxylation sites is 2. The van der Waals surface area contributed by atoms with Gasteiger partial charge in [0, 0.05) is 22.1 Å². The van der Waals surface area contributed by atoms with E-state index in [1.807, 2.05) is 36.4 Å². The summed E-state index contributed by atoms with van der Waals surface area (Å²) >= 11 is 5.90. The van der Waals surface area contributed by atoms with Crippen LogP contribution in [-0.2, 0) is 0 Å². The highest BCUT2D eigenvalue weighted by atomic mass is 35.5. The summed E-state index contributed by atoms with van der Waals surface area (Å²) in [6, 6.07) is 36.4. The molecule has 4 aromatic carbocycles. The maximum absolute atomic E-state index is 5.90. The van der Waals surface area contributed by atoms with Crippen molar-refractivity contribution < 1.29 is 0 Å². The van der Waals surface area contributed by atoms with E-state index < -0.39 is 0 Å². The smallest absolute Gasteiger partial charge is 0.0562 e. The fourth-order valence-corrected chi connectivity index (χ4v) is 3.14. The Kier molecular flexibility index (Phi) is 5.89. The molecule has 0 fully saturated rings. The average Bonchev–Trinajstić information content (AvgIpc) is 2.78. The molecule has 0 unspecified atom stereocenters. The number of benzene rings is 4. The van der Waals surface area contributed by atoms with Gasteiger partial charge in [-0.1, -0.05) is 60.1 Å². The van der Waals surface area contributed by atoms with Gasteiger partial charge in [0.25, 0.3) is 0 Å². The van der Waals surface area contributed by atoms with Crippen LogP contribution in [0.25, 0.3) is 0 Å². The van der Waals surface area contributed by atoms with Crippen molar-refractivity contribution in [1.82, 2.24) is 0 Å². The first kappa shape index (κ1) is 18.8. The van der Waals surface area contributed by atoms with Crippen molar-refractivity contribution in [2.45, 2.75) is 0 Å². The van der Waals surface area contributed by atoms with E-state index in [9.17, 15) is 0 Å². The number of rotatable bonds is 6. The SMILES string of the molecule is Clc1ccc(N/N=C\c2ccc(N(c3ccccc3)c3ccccc3)cc2)cc1. The molecule has 4 rings (SSSR count). The molecular formula is C25H20ClN3. The van der Waals surface area contributed by atoms with Crippen molar-refractivity contribution in [3.63, 3.8) is 0 Å². The van der Waals surface area contributed by atoms with E-state index in [4.69, 9.17) is 11.6 Å². The van der Waals surface area contributed by atoms with E-state index in [0.29, 0.717) is 5.02 Å². The summed E-state index contributed by atoms with van der Waals surface area (Å²) in [5.74, 6) is 0. The Morgan fingerprint density at radius 3 is 1.69 bits per heavy atom. The van der Waals surface area contributed by atoms with Crippen LogP contribution in [0.3, 0.4) is 0 Å². The largest absolute Gasteiger partial charge is 0.311 e. The minimum atomic E-state index is 0.705. The number of hydrogen-bond donors (Lipinski definition) is 1. The van der Waals surface area contributed by atoms with Crippen LogP contribution in [-0.4, -0.2) is 6.21 Å². The molecule has 0 aromatic heterocycles. The molecule has 0 amide bonds. The van der Waals surface area contributed by atoms with Gasteiger partial charge in [0.1, 0.15) is 0 Å². The molecule has 0 aliphatic heterocycles.